The molecule has 1 N–H and O–H groups in total. The second kappa shape index (κ2) is 7.43. The van der Waals surface area contributed by atoms with Gasteiger partial charge in [0.2, 0.25) is 11.8 Å². The molecular formula is C16H16ClNO7. The highest BCUT2D eigenvalue weighted by Crippen LogP contribution is 2.32. The summed E-state index contributed by atoms with van der Waals surface area (Å²) in [6.07, 6.45) is 0. The molecule has 3 amide bonds. The first kappa shape index (κ1) is 20.3. The summed E-state index contributed by atoms with van der Waals surface area (Å²) >= 11 is 5.90. The number of aryl methyl sites for hydroxylation is 1. The minimum atomic E-state index is -2.90. The van der Waals surface area contributed by atoms with Crippen LogP contribution >= 0.6 is 11.6 Å². The number of ether oxygens (including phenoxy) is 1. The second-order valence-electron chi connectivity index (χ2n) is 5.22. The van der Waals surface area contributed by atoms with E-state index in [4.69, 9.17) is 16.3 Å². The van der Waals surface area contributed by atoms with E-state index in [-0.39, 0.29) is 15.5 Å². The number of carboxylic acids is 1. The number of amides is 3. The Hall–Kier alpha value is -2.74. The highest BCUT2D eigenvalue weighted by Gasteiger charge is 2.55. The summed E-state index contributed by atoms with van der Waals surface area (Å²) in [4.78, 5) is 59.7. The lowest BCUT2D eigenvalue weighted by molar-refractivity contribution is -0.189. The molecular weight excluding hydrogens is 354 g/mol. The summed E-state index contributed by atoms with van der Waals surface area (Å²) < 4.78 is 4.85. The van der Waals surface area contributed by atoms with Gasteiger partial charge in [0.15, 0.2) is 0 Å². The minimum Gasteiger partial charge on any atom is -0.478 e. The van der Waals surface area contributed by atoms with Crippen molar-refractivity contribution in [3.63, 3.8) is 0 Å². The molecule has 0 aliphatic rings. The van der Waals surface area contributed by atoms with Gasteiger partial charge in [-0.25, -0.2) is 9.69 Å². The van der Waals surface area contributed by atoms with E-state index in [0.717, 1.165) is 20.8 Å². The number of hydrogen-bond acceptors (Lipinski definition) is 6. The van der Waals surface area contributed by atoms with Gasteiger partial charge in [-0.15, -0.1) is 0 Å². The maximum Gasteiger partial charge on any atom is 0.363 e. The quantitative estimate of drug-likeness (QED) is 0.629. The van der Waals surface area contributed by atoms with Gasteiger partial charge in [0, 0.05) is 31.4 Å². The van der Waals surface area contributed by atoms with Gasteiger partial charge in [-0.3, -0.25) is 19.2 Å². The normalized spacial score (nSPS) is 12.7. The topological polar surface area (TPSA) is 118 Å². The number of hydrogen-bond donors (Lipinski definition) is 1. The highest BCUT2D eigenvalue weighted by molar-refractivity contribution is 6.31. The van der Waals surface area contributed by atoms with E-state index in [9.17, 15) is 29.1 Å². The highest BCUT2D eigenvalue weighted by atomic mass is 35.5. The van der Waals surface area contributed by atoms with Gasteiger partial charge in [0.1, 0.15) is 0 Å². The van der Waals surface area contributed by atoms with E-state index in [1.54, 1.807) is 6.92 Å². The van der Waals surface area contributed by atoms with Gasteiger partial charge in [0.25, 0.3) is 5.91 Å². The number of benzene rings is 1. The minimum absolute atomic E-state index is 0.112. The SMILES string of the molecule is CC(=O)OC(C(=O)O)(C(=O)N(C(C)=O)C(C)=O)c1ccc(Cl)c(C)c1. The number of nitrogens with zero attached hydrogens (tertiary/aromatic N) is 1. The van der Waals surface area contributed by atoms with Crippen molar-refractivity contribution >= 4 is 41.3 Å². The number of halogens is 1. The van der Waals surface area contributed by atoms with Gasteiger partial charge in [-0.05, 0) is 24.6 Å². The van der Waals surface area contributed by atoms with Crippen molar-refractivity contribution in [3.8, 4) is 0 Å². The molecule has 0 saturated heterocycles. The van der Waals surface area contributed by atoms with Gasteiger partial charge in [-0.1, -0.05) is 17.7 Å². The summed E-state index contributed by atoms with van der Waals surface area (Å²) in [5, 5.41) is 9.97. The first-order chi connectivity index (χ1) is 11.4. The number of aliphatic carboxylic acids is 1. The molecule has 0 aliphatic heterocycles. The van der Waals surface area contributed by atoms with E-state index >= 15 is 0 Å². The Morgan fingerprint density at radius 3 is 1.96 bits per heavy atom. The van der Waals surface area contributed by atoms with Crippen LogP contribution in [0.4, 0.5) is 0 Å². The first-order valence-electron chi connectivity index (χ1n) is 7.00. The third-order valence-corrected chi connectivity index (χ3v) is 3.72. The molecule has 0 bridgehead atoms. The number of carbonyl (C=O) groups is 5. The number of imide groups is 3. The van der Waals surface area contributed by atoms with Crippen LogP contribution < -0.4 is 0 Å². The number of esters is 1. The summed E-state index contributed by atoms with van der Waals surface area (Å²) in [6.45, 7) is 4.27. The maximum atomic E-state index is 12.8. The molecule has 0 fully saturated rings. The van der Waals surface area contributed by atoms with Gasteiger partial charge >= 0.3 is 17.5 Å². The predicted octanol–water partition coefficient (Wildman–Crippen LogP) is 1.41. The summed E-state index contributed by atoms with van der Waals surface area (Å²) in [5.41, 5.74) is -2.75. The van der Waals surface area contributed by atoms with E-state index < -0.39 is 35.3 Å². The molecule has 134 valence electrons. The van der Waals surface area contributed by atoms with Crippen molar-refractivity contribution in [3.05, 3.63) is 34.3 Å². The number of carboxylic acid groups (broad SMARTS) is 1. The zero-order valence-corrected chi connectivity index (χ0v) is 14.7. The van der Waals surface area contributed by atoms with Crippen molar-refractivity contribution in [2.24, 2.45) is 0 Å². The third kappa shape index (κ3) is 3.85. The Bertz CT molecular complexity index is 760. The van der Waals surface area contributed by atoms with E-state index in [1.165, 1.54) is 18.2 Å². The van der Waals surface area contributed by atoms with Gasteiger partial charge in [-0.2, -0.15) is 0 Å². The molecule has 0 saturated carbocycles. The molecule has 1 atom stereocenters. The molecule has 1 aromatic rings. The molecule has 1 aromatic carbocycles. The molecule has 25 heavy (non-hydrogen) atoms. The number of rotatable bonds is 4. The molecule has 8 nitrogen and oxygen atoms in total. The summed E-state index contributed by atoms with van der Waals surface area (Å²) in [6, 6.07) is 3.71. The van der Waals surface area contributed by atoms with Crippen molar-refractivity contribution < 1.29 is 33.8 Å². The van der Waals surface area contributed by atoms with Crippen LogP contribution in [0.5, 0.6) is 0 Å². The fraction of sp³-hybridized carbons (Fsp3) is 0.312. The van der Waals surface area contributed by atoms with E-state index in [2.05, 4.69) is 0 Å². The molecule has 0 radical (unpaired) electrons. The van der Waals surface area contributed by atoms with E-state index in [1.807, 2.05) is 0 Å². The van der Waals surface area contributed by atoms with Crippen LogP contribution in [0.15, 0.2) is 18.2 Å². The zero-order valence-electron chi connectivity index (χ0n) is 14.0. The predicted molar refractivity (Wildman–Crippen MR) is 85.5 cm³/mol. The maximum absolute atomic E-state index is 12.8. The average Bonchev–Trinajstić information content (AvgIpc) is 2.46. The van der Waals surface area contributed by atoms with Crippen molar-refractivity contribution in [1.29, 1.82) is 0 Å². The van der Waals surface area contributed by atoms with Crippen molar-refractivity contribution in [2.75, 3.05) is 0 Å². The lowest BCUT2D eigenvalue weighted by atomic mass is 9.90. The monoisotopic (exact) mass is 369 g/mol. The zero-order chi connectivity index (χ0) is 19.5. The van der Waals surface area contributed by atoms with Gasteiger partial charge in [0.05, 0.1) is 0 Å². The van der Waals surface area contributed by atoms with Crippen LogP contribution in [0.1, 0.15) is 31.9 Å². The van der Waals surface area contributed by atoms with Crippen molar-refractivity contribution in [2.45, 2.75) is 33.3 Å². The Labute approximate surface area is 148 Å². The third-order valence-electron chi connectivity index (χ3n) is 3.30. The van der Waals surface area contributed by atoms with Crippen LogP contribution in [-0.2, 0) is 34.3 Å². The van der Waals surface area contributed by atoms with E-state index in [0.29, 0.717) is 5.56 Å². The molecule has 1 rings (SSSR count). The Balaban J connectivity index is 3.77. The van der Waals surface area contributed by atoms with Gasteiger partial charge < -0.3 is 9.84 Å². The fourth-order valence-corrected chi connectivity index (χ4v) is 2.35. The number of carbonyl (C=O) groups excluding carboxylic acids is 4. The van der Waals surface area contributed by atoms with Crippen LogP contribution in [0.3, 0.4) is 0 Å². The summed E-state index contributed by atoms with van der Waals surface area (Å²) in [5.74, 6) is -6.48. The first-order valence-corrected chi connectivity index (χ1v) is 7.38. The molecule has 0 aliphatic carbocycles. The molecule has 0 spiro atoms. The lowest BCUT2D eigenvalue weighted by Crippen LogP contribution is -2.56. The average molecular weight is 370 g/mol. The van der Waals surface area contributed by atoms with Crippen LogP contribution in [0.25, 0.3) is 0 Å². The molecule has 0 aromatic heterocycles. The molecule has 9 heteroatoms. The standard InChI is InChI=1S/C16H16ClNO7/c1-8-7-12(5-6-13(8)17)16(15(23)24,25-11(4)21)14(22)18(9(2)19)10(3)20/h5-7H,1-4H3,(H,23,24). The Morgan fingerprint density at radius 2 is 1.60 bits per heavy atom. The lowest BCUT2D eigenvalue weighted by Gasteiger charge is -2.31. The smallest absolute Gasteiger partial charge is 0.363 e. The largest absolute Gasteiger partial charge is 0.478 e. The van der Waals surface area contributed by atoms with Crippen LogP contribution in [0.2, 0.25) is 5.02 Å². The Morgan fingerprint density at radius 1 is 1.08 bits per heavy atom. The van der Waals surface area contributed by atoms with Crippen LogP contribution in [-0.4, -0.2) is 39.7 Å². The Kier molecular flexibility index (Phi) is 6.04. The fourth-order valence-electron chi connectivity index (χ4n) is 2.23. The molecule has 1 unspecified atom stereocenters. The van der Waals surface area contributed by atoms with Crippen LogP contribution in [0, 0.1) is 6.92 Å². The molecule has 0 heterocycles. The summed E-state index contributed by atoms with van der Waals surface area (Å²) in [7, 11) is 0. The second-order valence-corrected chi connectivity index (χ2v) is 5.63. The van der Waals surface area contributed by atoms with Crippen molar-refractivity contribution in [1.82, 2.24) is 4.90 Å².